The summed E-state index contributed by atoms with van der Waals surface area (Å²) < 4.78 is 0. The van der Waals surface area contributed by atoms with Gasteiger partial charge < -0.3 is 10.6 Å². The normalized spacial score (nSPS) is 11.2. The maximum atomic E-state index is 11.8. The fourth-order valence-corrected chi connectivity index (χ4v) is 1.35. The van der Waals surface area contributed by atoms with Crippen LogP contribution in [-0.2, 0) is 11.3 Å². The van der Waals surface area contributed by atoms with Gasteiger partial charge >= 0.3 is 0 Å². The molecule has 0 aliphatic heterocycles. The molecule has 88 valence electrons. The van der Waals surface area contributed by atoms with Crippen molar-refractivity contribution in [3.63, 3.8) is 0 Å². The Bertz CT molecular complexity index is 337. The minimum atomic E-state index is -0.415. The first-order valence-corrected chi connectivity index (χ1v) is 5.24. The van der Waals surface area contributed by atoms with Gasteiger partial charge in [0, 0.05) is 12.7 Å². The Labute approximate surface area is 95.7 Å². The van der Waals surface area contributed by atoms with Gasteiger partial charge in [0.05, 0.1) is 17.7 Å². The Morgan fingerprint density at radius 2 is 2.25 bits per heavy atom. The SMILES string of the molecule is CNCC(C)(C)C(=O)NCc1ccncn1. The summed E-state index contributed by atoms with van der Waals surface area (Å²) in [6.45, 7) is 4.88. The number of nitrogens with zero attached hydrogens (tertiary/aromatic N) is 2. The number of carbonyl (C=O) groups excluding carboxylic acids is 1. The number of carbonyl (C=O) groups is 1. The Morgan fingerprint density at radius 1 is 1.50 bits per heavy atom. The molecule has 0 saturated carbocycles. The van der Waals surface area contributed by atoms with Gasteiger partial charge in [-0.3, -0.25) is 4.79 Å². The van der Waals surface area contributed by atoms with Crippen molar-refractivity contribution < 1.29 is 4.79 Å². The van der Waals surface area contributed by atoms with Crippen molar-refractivity contribution >= 4 is 5.91 Å². The van der Waals surface area contributed by atoms with Crippen molar-refractivity contribution in [3.8, 4) is 0 Å². The quantitative estimate of drug-likeness (QED) is 0.754. The number of rotatable bonds is 5. The third kappa shape index (κ3) is 3.58. The van der Waals surface area contributed by atoms with Crippen molar-refractivity contribution in [2.45, 2.75) is 20.4 Å². The first-order valence-electron chi connectivity index (χ1n) is 5.24. The van der Waals surface area contributed by atoms with E-state index in [0.717, 1.165) is 5.69 Å². The molecule has 0 unspecified atom stereocenters. The predicted octanol–water partition coefficient (Wildman–Crippen LogP) is 0.338. The second-order valence-electron chi connectivity index (χ2n) is 4.30. The molecule has 0 saturated heterocycles. The van der Waals surface area contributed by atoms with E-state index in [1.54, 1.807) is 12.3 Å². The highest BCUT2D eigenvalue weighted by Gasteiger charge is 2.26. The molecular weight excluding hydrogens is 204 g/mol. The third-order valence-corrected chi connectivity index (χ3v) is 2.31. The molecule has 0 atom stereocenters. The van der Waals surface area contributed by atoms with Crippen LogP contribution >= 0.6 is 0 Å². The molecule has 2 N–H and O–H groups in total. The molecule has 0 bridgehead atoms. The maximum Gasteiger partial charge on any atom is 0.227 e. The van der Waals surface area contributed by atoms with Crippen LogP contribution in [0.15, 0.2) is 18.6 Å². The molecule has 1 aromatic heterocycles. The van der Waals surface area contributed by atoms with E-state index in [2.05, 4.69) is 20.6 Å². The van der Waals surface area contributed by atoms with Crippen LogP contribution < -0.4 is 10.6 Å². The molecule has 1 rings (SSSR count). The van der Waals surface area contributed by atoms with E-state index >= 15 is 0 Å². The van der Waals surface area contributed by atoms with Crippen LogP contribution in [0.1, 0.15) is 19.5 Å². The van der Waals surface area contributed by atoms with Crippen molar-refractivity contribution in [1.29, 1.82) is 0 Å². The van der Waals surface area contributed by atoms with Crippen LogP contribution in [-0.4, -0.2) is 29.5 Å². The smallest absolute Gasteiger partial charge is 0.227 e. The fourth-order valence-electron chi connectivity index (χ4n) is 1.35. The number of aromatic nitrogens is 2. The van der Waals surface area contributed by atoms with Crippen LogP contribution in [0.3, 0.4) is 0 Å². The maximum absolute atomic E-state index is 11.8. The molecule has 0 spiro atoms. The molecule has 0 aromatic carbocycles. The highest BCUT2D eigenvalue weighted by molar-refractivity contribution is 5.81. The summed E-state index contributed by atoms with van der Waals surface area (Å²) in [4.78, 5) is 19.7. The second-order valence-corrected chi connectivity index (χ2v) is 4.30. The third-order valence-electron chi connectivity index (χ3n) is 2.31. The second kappa shape index (κ2) is 5.55. The number of hydrogen-bond acceptors (Lipinski definition) is 4. The zero-order chi connectivity index (χ0) is 12.0. The van der Waals surface area contributed by atoms with Gasteiger partial charge in [-0.1, -0.05) is 0 Å². The molecular formula is C11H18N4O. The topological polar surface area (TPSA) is 66.9 Å². The van der Waals surface area contributed by atoms with Crippen LogP contribution in [0, 0.1) is 5.41 Å². The van der Waals surface area contributed by atoms with E-state index in [9.17, 15) is 4.79 Å². The molecule has 0 fully saturated rings. The molecule has 5 nitrogen and oxygen atoms in total. The Kier molecular flexibility index (Phi) is 4.37. The summed E-state index contributed by atoms with van der Waals surface area (Å²) in [7, 11) is 1.83. The summed E-state index contributed by atoms with van der Waals surface area (Å²) in [6.07, 6.45) is 3.13. The fraction of sp³-hybridized carbons (Fsp3) is 0.545. The number of amides is 1. The summed E-state index contributed by atoms with van der Waals surface area (Å²) in [5.41, 5.74) is 0.394. The Hall–Kier alpha value is -1.49. The predicted molar refractivity (Wildman–Crippen MR) is 61.6 cm³/mol. The number of nitrogens with one attached hydrogen (secondary N) is 2. The lowest BCUT2D eigenvalue weighted by Crippen LogP contribution is -2.42. The van der Waals surface area contributed by atoms with Crippen LogP contribution in [0.25, 0.3) is 0 Å². The van der Waals surface area contributed by atoms with Crippen molar-refractivity contribution in [3.05, 3.63) is 24.3 Å². The first kappa shape index (κ1) is 12.6. The standard InChI is InChI=1S/C11H18N4O/c1-11(2,7-12-3)10(16)14-6-9-4-5-13-8-15-9/h4-5,8,12H,6-7H2,1-3H3,(H,14,16). The zero-order valence-electron chi connectivity index (χ0n) is 9.95. The van der Waals surface area contributed by atoms with Crippen LogP contribution in [0.2, 0.25) is 0 Å². The van der Waals surface area contributed by atoms with Crippen molar-refractivity contribution in [2.75, 3.05) is 13.6 Å². The van der Waals surface area contributed by atoms with E-state index in [1.807, 2.05) is 20.9 Å². The van der Waals surface area contributed by atoms with E-state index in [-0.39, 0.29) is 5.91 Å². The summed E-state index contributed by atoms with van der Waals surface area (Å²) >= 11 is 0. The van der Waals surface area contributed by atoms with Gasteiger partial charge in [-0.25, -0.2) is 9.97 Å². The lowest BCUT2D eigenvalue weighted by atomic mass is 9.92. The number of hydrogen-bond donors (Lipinski definition) is 2. The van der Waals surface area contributed by atoms with Gasteiger partial charge in [0.2, 0.25) is 5.91 Å². The molecule has 5 heteroatoms. The first-order chi connectivity index (χ1) is 7.56. The van der Waals surface area contributed by atoms with E-state index in [1.165, 1.54) is 6.33 Å². The van der Waals surface area contributed by atoms with E-state index in [0.29, 0.717) is 13.1 Å². The van der Waals surface area contributed by atoms with Gasteiger partial charge in [-0.2, -0.15) is 0 Å². The minimum absolute atomic E-state index is 0.0143. The molecule has 16 heavy (non-hydrogen) atoms. The highest BCUT2D eigenvalue weighted by Crippen LogP contribution is 2.13. The lowest BCUT2D eigenvalue weighted by molar-refractivity contribution is -0.129. The molecule has 0 aliphatic rings. The van der Waals surface area contributed by atoms with Crippen molar-refractivity contribution in [2.24, 2.45) is 5.41 Å². The van der Waals surface area contributed by atoms with Gasteiger partial charge in [-0.15, -0.1) is 0 Å². The van der Waals surface area contributed by atoms with Crippen molar-refractivity contribution in [1.82, 2.24) is 20.6 Å². The van der Waals surface area contributed by atoms with Crippen LogP contribution in [0.4, 0.5) is 0 Å². The monoisotopic (exact) mass is 222 g/mol. The molecule has 0 radical (unpaired) electrons. The van der Waals surface area contributed by atoms with Gasteiger partial charge in [0.15, 0.2) is 0 Å². The molecule has 1 heterocycles. The lowest BCUT2D eigenvalue weighted by Gasteiger charge is -2.22. The van der Waals surface area contributed by atoms with Gasteiger partial charge in [0.1, 0.15) is 6.33 Å². The summed E-state index contributed by atoms with van der Waals surface area (Å²) in [5, 5.41) is 5.86. The Balaban J connectivity index is 2.47. The molecule has 1 aromatic rings. The van der Waals surface area contributed by atoms with E-state index < -0.39 is 5.41 Å². The zero-order valence-corrected chi connectivity index (χ0v) is 9.95. The summed E-state index contributed by atoms with van der Waals surface area (Å²) in [5.74, 6) is 0.0143. The Morgan fingerprint density at radius 3 is 2.81 bits per heavy atom. The minimum Gasteiger partial charge on any atom is -0.350 e. The average molecular weight is 222 g/mol. The van der Waals surface area contributed by atoms with Crippen LogP contribution in [0.5, 0.6) is 0 Å². The van der Waals surface area contributed by atoms with Gasteiger partial charge in [0.25, 0.3) is 0 Å². The summed E-state index contributed by atoms with van der Waals surface area (Å²) in [6, 6.07) is 1.78. The highest BCUT2D eigenvalue weighted by atomic mass is 16.2. The average Bonchev–Trinajstić information content (AvgIpc) is 2.27. The van der Waals surface area contributed by atoms with Gasteiger partial charge in [-0.05, 0) is 27.0 Å². The molecule has 1 amide bonds. The molecule has 0 aliphatic carbocycles. The van der Waals surface area contributed by atoms with E-state index in [4.69, 9.17) is 0 Å². The largest absolute Gasteiger partial charge is 0.350 e.